The van der Waals surface area contributed by atoms with E-state index in [9.17, 15) is 9.59 Å². The van der Waals surface area contributed by atoms with Gasteiger partial charge < -0.3 is 4.57 Å². The summed E-state index contributed by atoms with van der Waals surface area (Å²) in [4.78, 5) is 24.9. The number of carbonyl (C=O) groups is 1. The van der Waals surface area contributed by atoms with Crippen LogP contribution in [0.1, 0.15) is 35.1 Å². The van der Waals surface area contributed by atoms with Crippen molar-refractivity contribution < 1.29 is 4.79 Å². The number of hydrogen-bond donors (Lipinski definition) is 1. The summed E-state index contributed by atoms with van der Waals surface area (Å²) in [5.41, 5.74) is 0.587. The third-order valence-corrected chi connectivity index (χ3v) is 4.63. The molecule has 1 aromatic carbocycles. The first-order chi connectivity index (χ1) is 11.0. The molecular formula is C16H16N4O2S. The molecule has 3 aromatic rings. The van der Waals surface area contributed by atoms with Crippen molar-refractivity contribution in [3.05, 3.63) is 51.3 Å². The fourth-order valence-corrected chi connectivity index (χ4v) is 3.03. The van der Waals surface area contributed by atoms with E-state index in [1.54, 1.807) is 29.9 Å². The van der Waals surface area contributed by atoms with Crippen LogP contribution < -0.4 is 10.7 Å². The molecule has 7 heteroatoms. The van der Waals surface area contributed by atoms with E-state index in [0.717, 1.165) is 10.5 Å². The smallest absolute Gasteiger partial charge is 0.262 e. The minimum absolute atomic E-state index is 0.0903. The van der Waals surface area contributed by atoms with Crippen LogP contribution >= 0.6 is 11.3 Å². The summed E-state index contributed by atoms with van der Waals surface area (Å²) in [7, 11) is 1.81. The van der Waals surface area contributed by atoms with Crippen LogP contribution in [0.2, 0.25) is 0 Å². The maximum absolute atomic E-state index is 12.5. The summed E-state index contributed by atoms with van der Waals surface area (Å²) in [6, 6.07) is 7.20. The molecule has 3 rings (SSSR count). The lowest BCUT2D eigenvalue weighted by Crippen LogP contribution is -2.23. The minimum atomic E-state index is -0.470. The van der Waals surface area contributed by atoms with E-state index in [-0.39, 0.29) is 16.9 Å². The molecular weight excluding hydrogens is 312 g/mol. The molecule has 0 aliphatic heterocycles. The zero-order valence-electron chi connectivity index (χ0n) is 13.0. The lowest BCUT2D eigenvalue weighted by molar-refractivity contribution is 0.102. The zero-order valence-corrected chi connectivity index (χ0v) is 13.8. The Labute approximate surface area is 136 Å². The highest BCUT2D eigenvalue weighted by Crippen LogP contribution is 2.22. The van der Waals surface area contributed by atoms with Crippen molar-refractivity contribution in [1.82, 2.24) is 14.8 Å². The highest BCUT2D eigenvalue weighted by Gasteiger charge is 2.16. The second-order valence-electron chi connectivity index (χ2n) is 5.55. The van der Waals surface area contributed by atoms with Crippen molar-refractivity contribution >= 4 is 33.3 Å². The van der Waals surface area contributed by atoms with Crippen LogP contribution in [0.3, 0.4) is 0 Å². The fourth-order valence-electron chi connectivity index (χ4n) is 2.28. The molecule has 6 nitrogen and oxygen atoms in total. The number of nitrogens with zero attached hydrogens (tertiary/aromatic N) is 3. The van der Waals surface area contributed by atoms with Crippen LogP contribution in [0.25, 0.3) is 10.9 Å². The molecule has 23 heavy (non-hydrogen) atoms. The van der Waals surface area contributed by atoms with Gasteiger partial charge in [0.15, 0.2) is 0 Å². The molecule has 0 radical (unpaired) electrons. The van der Waals surface area contributed by atoms with E-state index < -0.39 is 5.91 Å². The Morgan fingerprint density at radius 2 is 2.00 bits per heavy atom. The van der Waals surface area contributed by atoms with E-state index in [1.165, 1.54) is 11.3 Å². The normalized spacial score (nSPS) is 11.1. The Morgan fingerprint density at radius 1 is 1.26 bits per heavy atom. The summed E-state index contributed by atoms with van der Waals surface area (Å²) in [5.74, 6) is -0.227. The average Bonchev–Trinajstić information content (AvgIpc) is 2.99. The van der Waals surface area contributed by atoms with Gasteiger partial charge in [-0.25, -0.2) is 0 Å². The third kappa shape index (κ3) is 2.87. The van der Waals surface area contributed by atoms with Crippen molar-refractivity contribution in [3.8, 4) is 0 Å². The Morgan fingerprint density at radius 3 is 2.70 bits per heavy atom. The first-order valence-electron chi connectivity index (χ1n) is 7.20. The zero-order chi connectivity index (χ0) is 16.6. The third-order valence-electron chi connectivity index (χ3n) is 3.50. The van der Waals surface area contributed by atoms with Gasteiger partial charge in [-0.15, -0.1) is 10.2 Å². The standard InChI is InChI=1S/C16H16N4O2S/c1-9(2)15-18-19-16(23-15)17-14(22)11-8-20(3)12-7-5-4-6-10(12)13(11)21/h4-9H,1-3H3,(H,17,19,22). The summed E-state index contributed by atoms with van der Waals surface area (Å²) in [6.07, 6.45) is 1.55. The van der Waals surface area contributed by atoms with Crippen molar-refractivity contribution in [1.29, 1.82) is 0 Å². The summed E-state index contributed by atoms with van der Waals surface area (Å²) in [5, 5.41) is 12.4. The second-order valence-corrected chi connectivity index (χ2v) is 6.56. The van der Waals surface area contributed by atoms with Gasteiger partial charge in [-0.1, -0.05) is 37.3 Å². The number of anilines is 1. The fraction of sp³-hybridized carbons (Fsp3) is 0.250. The molecule has 0 atom stereocenters. The van der Waals surface area contributed by atoms with E-state index in [0.29, 0.717) is 10.5 Å². The van der Waals surface area contributed by atoms with E-state index in [1.807, 2.05) is 26.0 Å². The van der Waals surface area contributed by atoms with Crippen LogP contribution in [-0.2, 0) is 7.05 Å². The van der Waals surface area contributed by atoms with Gasteiger partial charge in [0.05, 0.1) is 5.52 Å². The molecule has 1 N–H and O–H groups in total. The summed E-state index contributed by atoms with van der Waals surface area (Å²) in [6.45, 7) is 4.01. The molecule has 2 heterocycles. The second kappa shape index (κ2) is 5.92. The Hall–Kier alpha value is -2.54. The van der Waals surface area contributed by atoms with Crippen molar-refractivity contribution in [3.63, 3.8) is 0 Å². The first-order valence-corrected chi connectivity index (χ1v) is 8.02. The Bertz CT molecular complexity index is 943. The van der Waals surface area contributed by atoms with Crippen LogP contribution in [0.4, 0.5) is 5.13 Å². The molecule has 0 fully saturated rings. The molecule has 0 saturated carbocycles. The van der Waals surface area contributed by atoms with E-state index in [2.05, 4.69) is 15.5 Å². The largest absolute Gasteiger partial charge is 0.350 e. The minimum Gasteiger partial charge on any atom is -0.350 e. The van der Waals surface area contributed by atoms with E-state index >= 15 is 0 Å². The molecule has 1 amide bonds. The number of fused-ring (bicyclic) bond motifs is 1. The van der Waals surface area contributed by atoms with Crippen molar-refractivity contribution in [2.24, 2.45) is 7.05 Å². The lowest BCUT2D eigenvalue weighted by Gasteiger charge is -2.08. The van der Waals surface area contributed by atoms with Gasteiger partial charge >= 0.3 is 0 Å². The average molecular weight is 328 g/mol. The number of carbonyl (C=O) groups excluding carboxylic acids is 1. The number of para-hydroxylation sites is 1. The van der Waals surface area contributed by atoms with Crippen molar-refractivity contribution in [2.45, 2.75) is 19.8 Å². The molecule has 0 spiro atoms. The Balaban J connectivity index is 1.97. The van der Waals surface area contributed by atoms with Gasteiger partial charge in [0.25, 0.3) is 5.91 Å². The number of benzene rings is 1. The highest BCUT2D eigenvalue weighted by molar-refractivity contribution is 7.15. The van der Waals surface area contributed by atoms with Gasteiger partial charge in [-0.3, -0.25) is 14.9 Å². The number of aromatic nitrogens is 3. The molecule has 0 saturated heterocycles. The van der Waals surface area contributed by atoms with Gasteiger partial charge in [-0.05, 0) is 12.1 Å². The van der Waals surface area contributed by atoms with Crippen LogP contribution in [0, 0.1) is 0 Å². The van der Waals surface area contributed by atoms with Gasteiger partial charge in [0.1, 0.15) is 10.6 Å². The van der Waals surface area contributed by atoms with E-state index in [4.69, 9.17) is 0 Å². The van der Waals surface area contributed by atoms with Gasteiger partial charge in [0.2, 0.25) is 10.6 Å². The first kappa shape index (κ1) is 15.4. The topological polar surface area (TPSA) is 76.9 Å². The van der Waals surface area contributed by atoms with Crippen molar-refractivity contribution in [2.75, 3.05) is 5.32 Å². The predicted molar refractivity (Wildman–Crippen MR) is 91.1 cm³/mol. The number of nitrogens with one attached hydrogen (secondary N) is 1. The summed E-state index contributed by atoms with van der Waals surface area (Å²) >= 11 is 1.31. The lowest BCUT2D eigenvalue weighted by atomic mass is 10.1. The quantitative estimate of drug-likeness (QED) is 0.802. The molecule has 0 aliphatic rings. The SMILES string of the molecule is CC(C)c1nnc(NC(=O)c2cn(C)c3ccccc3c2=O)s1. The molecule has 2 aromatic heterocycles. The van der Waals surface area contributed by atoms with Gasteiger partial charge in [-0.2, -0.15) is 0 Å². The molecule has 0 unspecified atom stereocenters. The molecule has 0 aliphatic carbocycles. The van der Waals surface area contributed by atoms with Crippen LogP contribution in [-0.4, -0.2) is 20.7 Å². The number of pyridine rings is 1. The van der Waals surface area contributed by atoms with Crippen LogP contribution in [0.5, 0.6) is 0 Å². The number of hydrogen-bond acceptors (Lipinski definition) is 5. The molecule has 118 valence electrons. The Kier molecular flexibility index (Phi) is 3.96. The van der Waals surface area contributed by atoms with Gasteiger partial charge in [0, 0.05) is 24.5 Å². The molecule has 0 bridgehead atoms. The predicted octanol–water partition coefficient (Wildman–Crippen LogP) is 2.77. The number of rotatable bonds is 3. The summed E-state index contributed by atoms with van der Waals surface area (Å²) < 4.78 is 1.77. The maximum Gasteiger partial charge on any atom is 0.262 e. The monoisotopic (exact) mass is 328 g/mol. The van der Waals surface area contributed by atoms with Crippen LogP contribution in [0.15, 0.2) is 35.3 Å². The number of amides is 1. The number of aryl methyl sites for hydroxylation is 1. The maximum atomic E-state index is 12.5. The highest BCUT2D eigenvalue weighted by atomic mass is 32.1.